The van der Waals surface area contributed by atoms with Gasteiger partial charge in [0, 0.05) is 6.26 Å². The van der Waals surface area contributed by atoms with Crippen LogP contribution in [0.4, 0.5) is 0 Å². The van der Waals surface area contributed by atoms with Gasteiger partial charge in [-0.1, -0.05) is 6.92 Å². The second-order valence-electron chi connectivity index (χ2n) is 4.56. The van der Waals surface area contributed by atoms with Crippen molar-refractivity contribution < 1.29 is 17.9 Å². The van der Waals surface area contributed by atoms with Gasteiger partial charge in [0.05, 0.1) is 18.6 Å². The highest BCUT2D eigenvalue weighted by Crippen LogP contribution is 2.44. The summed E-state index contributed by atoms with van der Waals surface area (Å²) in [5.74, 6) is -1.24. The predicted octanol–water partition coefficient (Wildman–Crippen LogP) is 0.903. The monoisotopic (exact) mass is 259 g/mol. The Balaban J connectivity index is 3.01. The predicted molar refractivity (Wildman–Crippen MR) is 61.7 cm³/mol. The summed E-state index contributed by atoms with van der Waals surface area (Å²) in [5.41, 5.74) is 0. The molecule has 0 aromatic heterocycles. The van der Waals surface area contributed by atoms with E-state index < -0.39 is 26.5 Å². The molecule has 3 atom stereocenters. The van der Waals surface area contributed by atoms with E-state index in [1.165, 1.54) is 0 Å². The number of nitriles is 1. The Morgan fingerprint density at radius 3 is 2.53 bits per heavy atom. The number of hydrogen-bond donors (Lipinski definition) is 0. The maximum Gasteiger partial charge on any atom is 0.309 e. The summed E-state index contributed by atoms with van der Waals surface area (Å²) >= 11 is 0. The standard InChI is InChI=1S/C11H17NO4S/c1-4-16-10(13)9-5-8(2)11(6-9,7-12)17(3,14)15/h8-9H,4-6H2,1-3H3/t8-,9+,11-/m0/s1. The van der Waals surface area contributed by atoms with Crippen molar-refractivity contribution in [2.75, 3.05) is 12.9 Å². The summed E-state index contributed by atoms with van der Waals surface area (Å²) in [6.07, 6.45) is 1.49. The zero-order valence-corrected chi connectivity index (χ0v) is 11.1. The topological polar surface area (TPSA) is 84.2 Å². The van der Waals surface area contributed by atoms with E-state index in [-0.39, 0.29) is 18.9 Å². The van der Waals surface area contributed by atoms with Crippen molar-refractivity contribution in [3.05, 3.63) is 0 Å². The Morgan fingerprint density at radius 2 is 2.18 bits per heavy atom. The van der Waals surface area contributed by atoms with Gasteiger partial charge >= 0.3 is 5.97 Å². The van der Waals surface area contributed by atoms with E-state index in [0.29, 0.717) is 6.42 Å². The van der Waals surface area contributed by atoms with Crippen LogP contribution < -0.4 is 0 Å². The molecule has 0 aliphatic heterocycles. The van der Waals surface area contributed by atoms with Crippen LogP contribution in [-0.2, 0) is 19.4 Å². The number of ether oxygens (including phenoxy) is 1. The van der Waals surface area contributed by atoms with Gasteiger partial charge < -0.3 is 4.74 Å². The molecule has 0 unspecified atom stereocenters. The lowest BCUT2D eigenvalue weighted by molar-refractivity contribution is -0.147. The number of esters is 1. The zero-order valence-electron chi connectivity index (χ0n) is 10.3. The van der Waals surface area contributed by atoms with Crippen molar-refractivity contribution >= 4 is 15.8 Å². The molecule has 1 rings (SSSR count). The molecule has 0 amide bonds. The molecule has 0 radical (unpaired) electrons. The second-order valence-corrected chi connectivity index (χ2v) is 6.84. The first-order chi connectivity index (χ1) is 7.78. The van der Waals surface area contributed by atoms with Gasteiger partial charge in [-0.15, -0.1) is 0 Å². The molecule has 1 fully saturated rings. The van der Waals surface area contributed by atoms with E-state index in [2.05, 4.69) is 0 Å². The van der Waals surface area contributed by atoms with Crippen LogP contribution in [0.2, 0.25) is 0 Å². The van der Waals surface area contributed by atoms with Crippen molar-refractivity contribution in [3.63, 3.8) is 0 Å². The van der Waals surface area contributed by atoms with Crippen molar-refractivity contribution in [1.29, 1.82) is 5.26 Å². The van der Waals surface area contributed by atoms with E-state index in [1.807, 2.05) is 6.07 Å². The highest BCUT2D eigenvalue weighted by atomic mass is 32.2. The van der Waals surface area contributed by atoms with Gasteiger partial charge in [-0.3, -0.25) is 4.79 Å². The Kier molecular flexibility index (Phi) is 3.82. The molecular formula is C11H17NO4S. The van der Waals surface area contributed by atoms with Gasteiger partial charge in [0.1, 0.15) is 0 Å². The van der Waals surface area contributed by atoms with Crippen molar-refractivity contribution in [1.82, 2.24) is 0 Å². The molecule has 17 heavy (non-hydrogen) atoms. The normalized spacial score (nSPS) is 33.1. The lowest BCUT2D eigenvalue weighted by Gasteiger charge is -2.23. The molecule has 0 spiro atoms. The minimum atomic E-state index is -3.51. The average molecular weight is 259 g/mol. The molecule has 1 saturated carbocycles. The van der Waals surface area contributed by atoms with Gasteiger partial charge in [-0.25, -0.2) is 8.42 Å². The molecule has 0 aromatic carbocycles. The van der Waals surface area contributed by atoms with Crippen LogP contribution in [0, 0.1) is 23.2 Å². The highest BCUT2D eigenvalue weighted by Gasteiger charge is 2.55. The van der Waals surface area contributed by atoms with Crippen LogP contribution in [0.3, 0.4) is 0 Å². The van der Waals surface area contributed by atoms with Crippen LogP contribution in [0.5, 0.6) is 0 Å². The van der Waals surface area contributed by atoms with Gasteiger partial charge in [0.2, 0.25) is 0 Å². The van der Waals surface area contributed by atoms with Gasteiger partial charge in [0.15, 0.2) is 14.6 Å². The van der Waals surface area contributed by atoms with Gasteiger partial charge in [-0.05, 0) is 25.7 Å². The molecular weight excluding hydrogens is 242 g/mol. The number of sulfone groups is 1. The molecule has 5 nitrogen and oxygen atoms in total. The van der Waals surface area contributed by atoms with Gasteiger partial charge in [0.25, 0.3) is 0 Å². The average Bonchev–Trinajstić information content (AvgIpc) is 2.56. The Hall–Kier alpha value is -1.09. The third kappa shape index (κ3) is 2.29. The van der Waals surface area contributed by atoms with Crippen molar-refractivity contribution in [3.8, 4) is 6.07 Å². The molecule has 0 N–H and O–H groups in total. The van der Waals surface area contributed by atoms with E-state index in [1.54, 1.807) is 13.8 Å². The van der Waals surface area contributed by atoms with Crippen LogP contribution in [-0.4, -0.2) is 32.0 Å². The molecule has 6 heteroatoms. The minimum absolute atomic E-state index is 0.0440. The summed E-state index contributed by atoms with van der Waals surface area (Å²) in [6.45, 7) is 3.66. The van der Waals surface area contributed by atoms with Crippen LogP contribution >= 0.6 is 0 Å². The summed E-state index contributed by atoms with van der Waals surface area (Å²) in [6, 6.07) is 1.90. The largest absolute Gasteiger partial charge is 0.466 e. The molecule has 0 saturated heterocycles. The molecule has 0 bridgehead atoms. The quantitative estimate of drug-likeness (QED) is 0.703. The number of rotatable bonds is 3. The number of hydrogen-bond acceptors (Lipinski definition) is 5. The Morgan fingerprint density at radius 1 is 1.59 bits per heavy atom. The molecule has 0 heterocycles. The third-order valence-electron chi connectivity index (χ3n) is 3.45. The minimum Gasteiger partial charge on any atom is -0.466 e. The van der Waals surface area contributed by atoms with Crippen LogP contribution in [0.1, 0.15) is 26.7 Å². The van der Waals surface area contributed by atoms with Gasteiger partial charge in [-0.2, -0.15) is 5.26 Å². The lowest BCUT2D eigenvalue weighted by atomic mass is 9.99. The fourth-order valence-corrected chi connectivity index (χ4v) is 3.96. The lowest BCUT2D eigenvalue weighted by Crippen LogP contribution is -2.39. The van der Waals surface area contributed by atoms with Crippen LogP contribution in [0.15, 0.2) is 0 Å². The Bertz CT molecular complexity index is 451. The highest BCUT2D eigenvalue weighted by molar-refractivity contribution is 7.92. The maximum atomic E-state index is 11.7. The van der Waals surface area contributed by atoms with E-state index in [9.17, 15) is 18.5 Å². The summed E-state index contributed by atoms with van der Waals surface area (Å²) < 4.78 is 26.9. The second kappa shape index (κ2) is 4.65. The molecule has 1 aliphatic carbocycles. The fraction of sp³-hybridized carbons (Fsp3) is 0.818. The van der Waals surface area contributed by atoms with Crippen molar-refractivity contribution in [2.24, 2.45) is 11.8 Å². The first kappa shape index (κ1) is 14.0. The zero-order chi connectivity index (χ0) is 13.3. The third-order valence-corrected chi connectivity index (χ3v) is 5.44. The van der Waals surface area contributed by atoms with Crippen LogP contribution in [0.25, 0.3) is 0 Å². The van der Waals surface area contributed by atoms with Crippen molar-refractivity contribution in [2.45, 2.75) is 31.4 Å². The van der Waals surface area contributed by atoms with E-state index in [4.69, 9.17) is 4.74 Å². The fourth-order valence-electron chi connectivity index (χ4n) is 2.46. The van der Waals surface area contributed by atoms with E-state index >= 15 is 0 Å². The first-order valence-corrected chi connectivity index (χ1v) is 7.45. The number of carbonyl (C=O) groups is 1. The Labute approximate surface area is 102 Å². The summed E-state index contributed by atoms with van der Waals surface area (Å²) in [7, 11) is -3.51. The molecule has 1 aliphatic rings. The number of nitrogens with zero attached hydrogens (tertiary/aromatic N) is 1. The molecule has 0 aromatic rings. The van der Waals surface area contributed by atoms with E-state index in [0.717, 1.165) is 6.26 Å². The maximum absolute atomic E-state index is 11.7. The summed E-state index contributed by atoms with van der Waals surface area (Å²) in [5, 5.41) is 9.17. The number of carbonyl (C=O) groups excluding carboxylic acids is 1. The SMILES string of the molecule is CCOC(=O)[C@@H]1C[C@H](C)[C@](C#N)(S(C)(=O)=O)C1. The summed E-state index contributed by atoms with van der Waals surface area (Å²) in [4.78, 5) is 11.6. The smallest absolute Gasteiger partial charge is 0.309 e. The molecule has 96 valence electrons. The first-order valence-electron chi connectivity index (χ1n) is 5.56.